The second-order valence-corrected chi connectivity index (χ2v) is 5.83. The van der Waals surface area contributed by atoms with Gasteiger partial charge in [-0.3, -0.25) is 4.90 Å². The molecule has 1 saturated heterocycles. The average Bonchev–Trinajstić information content (AvgIpc) is 2.46. The fourth-order valence-electron chi connectivity index (χ4n) is 2.61. The number of halogens is 1. The van der Waals surface area contributed by atoms with Gasteiger partial charge in [-0.05, 0) is 63.1 Å². The Morgan fingerprint density at radius 1 is 1.35 bits per heavy atom. The smallest absolute Gasteiger partial charge is 0.120 e. The lowest BCUT2D eigenvalue weighted by molar-refractivity contribution is 0.154. The summed E-state index contributed by atoms with van der Waals surface area (Å²) in [5, 5.41) is 4.18. The summed E-state index contributed by atoms with van der Waals surface area (Å²) in [5.74, 6) is 1.71. The van der Waals surface area contributed by atoms with Crippen molar-refractivity contribution < 1.29 is 4.74 Å². The summed E-state index contributed by atoms with van der Waals surface area (Å²) in [7, 11) is 0. The van der Waals surface area contributed by atoms with Crippen molar-refractivity contribution in [3.63, 3.8) is 0 Å². The first-order valence-corrected chi connectivity index (χ1v) is 7.97. The number of benzene rings is 1. The van der Waals surface area contributed by atoms with Crippen molar-refractivity contribution in [1.29, 1.82) is 0 Å². The third-order valence-electron chi connectivity index (χ3n) is 3.86. The van der Waals surface area contributed by atoms with Crippen molar-refractivity contribution in [1.82, 2.24) is 10.2 Å². The van der Waals surface area contributed by atoms with E-state index in [0.29, 0.717) is 0 Å². The van der Waals surface area contributed by atoms with E-state index in [0.717, 1.165) is 36.4 Å². The molecule has 0 atom stereocenters. The molecule has 0 aliphatic carbocycles. The summed E-state index contributed by atoms with van der Waals surface area (Å²) < 4.78 is 5.74. The Hall–Kier alpha value is -0.770. The zero-order valence-corrected chi connectivity index (χ0v) is 13.0. The average molecular weight is 297 g/mol. The normalized spacial score (nSPS) is 17.3. The molecule has 3 nitrogen and oxygen atoms in total. The van der Waals surface area contributed by atoms with Crippen LogP contribution in [0.5, 0.6) is 5.75 Å². The Labute approximate surface area is 127 Å². The van der Waals surface area contributed by atoms with E-state index in [9.17, 15) is 0 Å². The van der Waals surface area contributed by atoms with Crippen LogP contribution in [0.1, 0.15) is 19.8 Å². The fourth-order valence-corrected chi connectivity index (χ4v) is 2.79. The van der Waals surface area contributed by atoms with Crippen molar-refractivity contribution in [3.05, 3.63) is 29.3 Å². The van der Waals surface area contributed by atoms with Gasteiger partial charge in [-0.25, -0.2) is 0 Å². The highest BCUT2D eigenvalue weighted by Crippen LogP contribution is 2.18. The minimum absolute atomic E-state index is 0.728. The second kappa shape index (κ2) is 8.50. The summed E-state index contributed by atoms with van der Waals surface area (Å²) in [4.78, 5) is 2.49. The summed E-state index contributed by atoms with van der Waals surface area (Å²) in [6, 6.07) is 7.60. The molecule has 20 heavy (non-hydrogen) atoms. The van der Waals surface area contributed by atoms with Crippen LogP contribution in [0.15, 0.2) is 24.3 Å². The fraction of sp³-hybridized carbons (Fsp3) is 0.625. The lowest BCUT2D eigenvalue weighted by Crippen LogP contribution is -2.39. The minimum atomic E-state index is 0.728. The topological polar surface area (TPSA) is 24.5 Å². The zero-order chi connectivity index (χ0) is 14.2. The molecule has 2 rings (SSSR count). The van der Waals surface area contributed by atoms with Gasteiger partial charge < -0.3 is 10.1 Å². The maximum absolute atomic E-state index is 5.93. The predicted molar refractivity (Wildman–Crippen MR) is 84.7 cm³/mol. The quantitative estimate of drug-likeness (QED) is 0.837. The van der Waals surface area contributed by atoms with Gasteiger partial charge in [0.15, 0.2) is 0 Å². The van der Waals surface area contributed by atoms with Gasteiger partial charge in [-0.2, -0.15) is 0 Å². The number of rotatable bonds is 7. The Morgan fingerprint density at radius 3 is 2.85 bits per heavy atom. The highest BCUT2D eigenvalue weighted by atomic mass is 35.5. The first-order valence-electron chi connectivity index (χ1n) is 7.59. The molecule has 1 heterocycles. The summed E-state index contributed by atoms with van der Waals surface area (Å²) in [6.45, 7) is 8.53. The van der Waals surface area contributed by atoms with E-state index in [4.69, 9.17) is 16.3 Å². The Morgan fingerprint density at radius 2 is 2.15 bits per heavy atom. The van der Waals surface area contributed by atoms with Gasteiger partial charge in [0.25, 0.3) is 0 Å². The van der Waals surface area contributed by atoms with Gasteiger partial charge >= 0.3 is 0 Å². The lowest BCUT2D eigenvalue weighted by Gasteiger charge is -2.31. The first-order chi connectivity index (χ1) is 9.78. The van der Waals surface area contributed by atoms with E-state index in [2.05, 4.69) is 17.1 Å². The van der Waals surface area contributed by atoms with Crippen molar-refractivity contribution in [2.75, 3.05) is 39.3 Å². The predicted octanol–water partition coefficient (Wildman–Crippen LogP) is 3.04. The number of nitrogens with zero attached hydrogens (tertiary/aromatic N) is 1. The molecule has 4 heteroatoms. The molecular weight excluding hydrogens is 272 g/mol. The van der Waals surface area contributed by atoms with Crippen LogP contribution in [0.2, 0.25) is 5.02 Å². The van der Waals surface area contributed by atoms with Crippen LogP contribution in [0.3, 0.4) is 0 Å². The second-order valence-electron chi connectivity index (χ2n) is 5.40. The van der Waals surface area contributed by atoms with Crippen LogP contribution >= 0.6 is 11.6 Å². The maximum atomic E-state index is 5.93. The zero-order valence-electron chi connectivity index (χ0n) is 12.3. The SMILES string of the molecule is CCNCC1CCN(CCOc2cccc(Cl)c2)CC1. The summed E-state index contributed by atoms with van der Waals surface area (Å²) in [5.41, 5.74) is 0. The molecule has 1 aromatic carbocycles. The van der Waals surface area contributed by atoms with Crippen LogP contribution in [0.4, 0.5) is 0 Å². The molecule has 1 fully saturated rings. The van der Waals surface area contributed by atoms with Crippen LogP contribution in [-0.4, -0.2) is 44.2 Å². The summed E-state index contributed by atoms with van der Waals surface area (Å²) in [6.07, 6.45) is 2.59. The standard InChI is InChI=1S/C16H25ClN2O/c1-2-18-13-14-6-8-19(9-7-14)10-11-20-16-5-3-4-15(17)12-16/h3-5,12,14,18H,2,6-11,13H2,1H3. The largest absolute Gasteiger partial charge is 0.492 e. The highest BCUT2D eigenvalue weighted by molar-refractivity contribution is 6.30. The third-order valence-corrected chi connectivity index (χ3v) is 4.10. The van der Waals surface area contributed by atoms with E-state index in [1.807, 2.05) is 24.3 Å². The van der Waals surface area contributed by atoms with Gasteiger partial charge in [0.05, 0.1) is 0 Å². The highest BCUT2D eigenvalue weighted by Gasteiger charge is 2.18. The van der Waals surface area contributed by atoms with E-state index in [1.165, 1.54) is 32.5 Å². The number of nitrogens with one attached hydrogen (secondary N) is 1. The van der Waals surface area contributed by atoms with Crippen LogP contribution in [0, 0.1) is 5.92 Å². The molecular formula is C16H25ClN2O. The number of likely N-dealkylation sites (tertiary alicyclic amines) is 1. The van der Waals surface area contributed by atoms with E-state index in [-0.39, 0.29) is 0 Å². The number of piperidine rings is 1. The monoisotopic (exact) mass is 296 g/mol. The van der Waals surface area contributed by atoms with Gasteiger partial charge in [0.2, 0.25) is 0 Å². The molecule has 0 radical (unpaired) electrons. The maximum Gasteiger partial charge on any atom is 0.120 e. The molecule has 0 saturated carbocycles. The summed E-state index contributed by atoms with van der Waals surface area (Å²) >= 11 is 5.93. The number of ether oxygens (including phenoxy) is 1. The lowest BCUT2D eigenvalue weighted by atomic mass is 9.97. The minimum Gasteiger partial charge on any atom is -0.492 e. The van der Waals surface area contributed by atoms with E-state index < -0.39 is 0 Å². The molecule has 1 aliphatic rings. The third kappa shape index (κ3) is 5.31. The van der Waals surface area contributed by atoms with Gasteiger partial charge in [-0.1, -0.05) is 24.6 Å². The molecule has 1 aliphatic heterocycles. The van der Waals surface area contributed by atoms with Crippen molar-refractivity contribution >= 4 is 11.6 Å². The van der Waals surface area contributed by atoms with Gasteiger partial charge in [0.1, 0.15) is 12.4 Å². The molecule has 0 spiro atoms. The van der Waals surface area contributed by atoms with Crippen molar-refractivity contribution in [2.45, 2.75) is 19.8 Å². The molecule has 0 amide bonds. The van der Waals surface area contributed by atoms with Crippen molar-refractivity contribution in [3.8, 4) is 5.75 Å². The number of hydrogen-bond donors (Lipinski definition) is 1. The van der Waals surface area contributed by atoms with Crippen molar-refractivity contribution in [2.24, 2.45) is 5.92 Å². The Kier molecular flexibility index (Phi) is 6.64. The Bertz CT molecular complexity index is 392. The first kappa shape index (κ1) is 15.6. The van der Waals surface area contributed by atoms with Crippen LogP contribution < -0.4 is 10.1 Å². The van der Waals surface area contributed by atoms with E-state index in [1.54, 1.807) is 0 Å². The molecule has 0 aromatic heterocycles. The van der Waals surface area contributed by atoms with E-state index >= 15 is 0 Å². The molecule has 1 aromatic rings. The molecule has 0 bridgehead atoms. The van der Waals surface area contributed by atoms with Crippen LogP contribution in [-0.2, 0) is 0 Å². The number of hydrogen-bond acceptors (Lipinski definition) is 3. The molecule has 0 unspecified atom stereocenters. The molecule has 1 N–H and O–H groups in total. The molecule has 112 valence electrons. The Balaban J connectivity index is 1.61. The van der Waals surface area contributed by atoms with Crippen LogP contribution in [0.25, 0.3) is 0 Å². The van der Waals surface area contributed by atoms with Gasteiger partial charge in [0, 0.05) is 11.6 Å². The van der Waals surface area contributed by atoms with Gasteiger partial charge in [-0.15, -0.1) is 0 Å².